The lowest BCUT2D eigenvalue weighted by molar-refractivity contribution is 0.0697. The summed E-state index contributed by atoms with van der Waals surface area (Å²) >= 11 is 5.89. The third-order valence-corrected chi connectivity index (χ3v) is 2.64. The van der Waals surface area contributed by atoms with Crippen molar-refractivity contribution >= 4 is 28.5 Å². The number of aryl methyl sites for hydroxylation is 1. The Balaban J connectivity index is 2.89. The minimum atomic E-state index is -1.18. The summed E-state index contributed by atoms with van der Waals surface area (Å²) in [6, 6.07) is 2.94. The molecule has 0 atom stereocenters. The van der Waals surface area contributed by atoms with Crippen LogP contribution in [0.4, 0.5) is 4.39 Å². The van der Waals surface area contributed by atoms with Crippen LogP contribution in [0.25, 0.3) is 10.9 Å². The van der Waals surface area contributed by atoms with Crippen LogP contribution in [0.2, 0.25) is 5.02 Å². The maximum Gasteiger partial charge on any atom is 0.338 e. The quantitative estimate of drug-likeness (QED) is 0.832. The molecule has 5 heteroatoms. The summed E-state index contributed by atoms with van der Waals surface area (Å²) in [4.78, 5) is 14.6. The van der Waals surface area contributed by atoms with Crippen LogP contribution in [0.1, 0.15) is 15.9 Å². The first kappa shape index (κ1) is 10.8. The van der Waals surface area contributed by atoms with Gasteiger partial charge in [-0.3, -0.25) is 4.98 Å². The molecule has 3 nitrogen and oxygen atoms in total. The van der Waals surface area contributed by atoms with Crippen LogP contribution in [0.15, 0.2) is 18.3 Å². The second kappa shape index (κ2) is 3.72. The van der Waals surface area contributed by atoms with Gasteiger partial charge in [-0.05, 0) is 24.6 Å². The molecule has 0 unspecified atom stereocenters. The molecule has 1 aromatic heterocycles. The second-order valence-corrected chi connectivity index (χ2v) is 3.81. The number of aromatic nitrogens is 1. The molecule has 0 aliphatic carbocycles. The van der Waals surface area contributed by atoms with Crippen molar-refractivity contribution in [2.75, 3.05) is 0 Å². The predicted octanol–water partition coefficient (Wildman–Crippen LogP) is 3.03. The Morgan fingerprint density at radius 2 is 2.19 bits per heavy atom. The fraction of sp³-hybridized carbons (Fsp3) is 0.0909. The van der Waals surface area contributed by atoms with Gasteiger partial charge in [-0.25, -0.2) is 9.18 Å². The van der Waals surface area contributed by atoms with Crippen molar-refractivity contribution in [3.05, 3.63) is 40.3 Å². The third kappa shape index (κ3) is 1.61. The summed E-state index contributed by atoms with van der Waals surface area (Å²) < 4.78 is 13.5. The number of aromatic carboxylic acids is 1. The first-order chi connectivity index (χ1) is 7.50. The highest BCUT2D eigenvalue weighted by atomic mass is 35.5. The second-order valence-electron chi connectivity index (χ2n) is 3.43. The molecule has 0 fully saturated rings. The van der Waals surface area contributed by atoms with E-state index in [1.807, 2.05) is 0 Å². The largest absolute Gasteiger partial charge is 0.478 e. The Hall–Kier alpha value is -1.68. The Kier molecular flexibility index (Phi) is 2.52. The number of halogens is 2. The maximum absolute atomic E-state index is 13.5. The van der Waals surface area contributed by atoms with Crippen molar-refractivity contribution in [1.82, 2.24) is 4.98 Å². The summed E-state index contributed by atoms with van der Waals surface area (Å²) in [5, 5.41) is 9.18. The molecule has 1 aromatic carbocycles. The zero-order chi connectivity index (χ0) is 11.9. The predicted molar refractivity (Wildman–Crippen MR) is 58.4 cm³/mol. The van der Waals surface area contributed by atoms with Crippen molar-refractivity contribution < 1.29 is 14.3 Å². The molecule has 2 rings (SSSR count). The number of hydrogen-bond donors (Lipinski definition) is 1. The molecule has 0 bridgehead atoms. The molecule has 82 valence electrons. The van der Waals surface area contributed by atoms with Gasteiger partial charge in [0.25, 0.3) is 0 Å². The standard InChI is InChI=1S/C11H7ClFNO2/c1-5-2-6-9(12)7(11(15)16)4-14-10(6)8(13)3-5/h2-4H,1H3,(H,15,16). The van der Waals surface area contributed by atoms with E-state index in [0.717, 1.165) is 6.20 Å². The van der Waals surface area contributed by atoms with Gasteiger partial charge in [-0.2, -0.15) is 0 Å². The highest BCUT2D eigenvalue weighted by molar-refractivity contribution is 6.38. The number of carboxylic acids is 1. The lowest BCUT2D eigenvalue weighted by Crippen LogP contribution is -2.00. The zero-order valence-corrected chi connectivity index (χ0v) is 9.05. The zero-order valence-electron chi connectivity index (χ0n) is 8.29. The monoisotopic (exact) mass is 239 g/mol. The van der Waals surface area contributed by atoms with E-state index in [-0.39, 0.29) is 16.1 Å². The van der Waals surface area contributed by atoms with Gasteiger partial charge in [0.1, 0.15) is 11.3 Å². The number of fused-ring (bicyclic) bond motifs is 1. The molecular weight excluding hydrogens is 233 g/mol. The molecular formula is C11H7ClFNO2. The minimum absolute atomic E-state index is 0.0140. The molecule has 2 aromatic rings. The molecule has 0 radical (unpaired) electrons. The highest BCUT2D eigenvalue weighted by Gasteiger charge is 2.14. The topological polar surface area (TPSA) is 50.2 Å². The summed E-state index contributed by atoms with van der Waals surface area (Å²) in [7, 11) is 0. The number of carbonyl (C=O) groups is 1. The summed E-state index contributed by atoms with van der Waals surface area (Å²) in [6.07, 6.45) is 1.06. The molecule has 0 aliphatic heterocycles. The van der Waals surface area contributed by atoms with Crippen molar-refractivity contribution in [3.63, 3.8) is 0 Å². The van der Waals surface area contributed by atoms with Crippen molar-refractivity contribution in [3.8, 4) is 0 Å². The van der Waals surface area contributed by atoms with Crippen molar-refractivity contribution in [1.29, 1.82) is 0 Å². The van der Waals surface area contributed by atoms with E-state index in [4.69, 9.17) is 16.7 Å². The lowest BCUT2D eigenvalue weighted by atomic mass is 10.1. The number of carboxylic acid groups (broad SMARTS) is 1. The third-order valence-electron chi connectivity index (χ3n) is 2.23. The Morgan fingerprint density at radius 3 is 2.81 bits per heavy atom. The first-order valence-corrected chi connectivity index (χ1v) is 4.86. The van der Waals surface area contributed by atoms with Gasteiger partial charge < -0.3 is 5.11 Å². The normalized spacial score (nSPS) is 10.7. The number of hydrogen-bond acceptors (Lipinski definition) is 2. The molecule has 0 aliphatic rings. The van der Waals surface area contributed by atoms with E-state index in [1.165, 1.54) is 6.07 Å². The van der Waals surface area contributed by atoms with Gasteiger partial charge in [0.05, 0.1) is 10.6 Å². The number of benzene rings is 1. The Morgan fingerprint density at radius 1 is 1.50 bits per heavy atom. The smallest absolute Gasteiger partial charge is 0.338 e. The van der Waals surface area contributed by atoms with E-state index < -0.39 is 11.8 Å². The SMILES string of the molecule is Cc1cc(F)c2ncc(C(=O)O)c(Cl)c2c1. The Labute approximate surface area is 95.5 Å². The van der Waals surface area contributed by atoms with Gasteiger partial charge in [-0.1, -0.05) is 11.6 Å². The van der Waals surface area contributed by atoms with E-state index in [0.29, 0.717) is 10.9 Å². The van der Waals surface area contributed by atoms with Crippen LogP contribution < -0.4 is 0 Å². The first-order valence-electron chi connectivity index (χ1n) is 4.48. The lowest BCUT2D eigenvalue weighted by Gasteiger charge is -2.05. The fourth-order valence-electron chi connectivity index (χ4n) is 1.51. The van der Waals surface area contributed by atoms with E-state index in [9.17, 15) is 9.18 Å². The van der Waals surface area contributed by atoms with Gasteiger partial charge in [0.2, 0.25) is 0 Å². The molecule has 0 amide bonds. The number of rotatable bonds is 1. The van der Waals surface area contributed by atoms with Crippen LogP contribution in [-0.2, 0) is 0 Å². The molecule has 16 heavy (non-hydrogen) atoms. The van der Waals surface area contributed by atoms with Gasteiger partial charge in [0, 0.05) is 11.6 Å². The van der Waals surface area contributed by atoms with Crippen LogP contribution in [0, 0.1) is 12.7 Å². The van der Waals surface area contributed by atoms with E-state index in [2.05, 4.69) is 4.98 Å². The highest BCUT2D eigenvalue weighted by Crippen LogP contribution is 2.28. The van der Waals surface area contributed by atoms with E-state index in [1.54, 1.807) is 13.0 Å². The molecule has 0 saturated heterocycles. The molecule has 1 N–H and O–H groups in total. The van der Waals surface area contributed by atoms with Gasteiger partial charge >= 0.3 is 5.97 Å². The molecule has 0 saturated carbocycles. The summed E-state index contributed by atoms with van der Waals surface area (Å²) in [5.41, 5.74) is 0.621. The van der Waals surface area contributed by atoms with Crippen LogP contribution in [-0.4, -0.2) is 16.1 Å². The average molecular weight is 240 g/mol. The van der Waals surface area contributed by atoms with Crippen molar-refractivity contribution in [2.45, 2.75) is 6.92 Å². The molecule has 1 heterocycles. The summed E-state index contributed by atoms with van der Waals surface area (Å²) in [6.45, 7) is 1.70. The minimum Gasteiger partial charge on any atom is -0.478 e. The molecule has 0 spiro atoms. The van der Waals surface area contributed by atoms with Gasteiger partial charge in [0.15, 0.2) is 0 Å². The number of nitrogens with zero attached hydrogens (tertiary/aromatic N) is 1. The maximum atomic E-state index is 13.5. The number of pyridine rings is 1. The van der Waals surface area contributed by atoms with E-state index >= 15 is 0 Å². The van der Waals surface area contributed by atoms with Gasteiger partial charge in [-0.15, -0.1) is 0 Å². The average Bonchev–Trinajstić information content (AvgIpc) is 2.19. The van der Waals surface area contributed by atoms with Crippen LogP contribution in [0.3, 0.4) is 0 Å². The van der Waals surface area contributed by atoms with Crippen molar-refractivity contribution in [2.24, 2.45) is 0 Å². The fourth-order valence-corrected chi connectivity index (χ4v) is 1.79. The van der Waals surface area contributed by atoms with Crippen LogP contribution >= 0.6 is 11.6 Å². The van der Waals surface area contributed by atoms with Crippen LogP contribution in [0.5, 0.6) is 0 Å². The Bertz CT molecular complexity index is 598. The summed E-state index contributed by atoms with van der Waals surface area (Å²) in [5.74, 6) is -1.69.